The summed E-state index contributed by atoms with van der Waals surface area (Å²) >= 11 is 0. The number of carbonyl (C=O) groups excluding carboxylic acids is 2. The minimum Gasteiger partial charge on any atom is -0.450 e. The van der Waals surface area contributed by atoms with Crippen LogP contribution in [0, 0.1) is 0 Å². The molecule has 1 fully saturated rings. The molecular weight excluding hydrogens is 308 g/mol. The van der Waals surface area contributed by atoms with E-state index in [4.69, 9.17) is 9.47 Å². The van der Waals surface area contributed by atoms with Crippen LogP contribution in [0.1, 0.15) is 38.2 Å². The van der Waals surface area contributed by atoms with E-state index >= 15 is 0 Å². The fraction of sp³-hybridized carbons (Fsp3) is 0.556. The first kappa shape index (κ1) is 18.1. The average molecular weight is 334 g/mol. The van der Waals surface area contributed by atoms with Crippen molar-refractivity contribution in [1.29, 1.82) is 0 Å². The first-order valence-corrected chi connectivity index (χ1v) is 8.58. The number of hydrogen-bond donors (Lipinski definition) is 1. The third kappa shape index (κ3) is 6.10. The molecule has 1 aromatic rings. The molecule has 0 radical (unpaired) electrons. The third-order valence-electron chi connectivity index (χ3n) is 4.01. The van der Waals surface area contributed by atoms with E-state index in [1.165, 1.54) is 0 Å². The third-order valence-corrected chi connectivity index (χ3v) is 4.01. The number of alkyl carbamates (subject to hydrolysis) is 1. The molecule has 1 aliphatic rings. The zero-order valence-corrected chi connectivity index (χ0v) is 14.2. The number of carbonyl (C=O) groups is 2. The summed E-state index contributed by atoms with van der Waals surface area (Å²) in [7, 11) is 0. The summed E-state index contributed by atoms with van der Waals surface area (Å²) < 4.78 is 10.4. The number of amides is 2. The molecule has 1 aromatic carbocycles. The van der Waals surface area contributed by atoms with E-state index in [1.807, 2.05) is 37.3 Å². The van der Waals surface area contributed by atoms with Crippen molar-refractivity contribution >= 4 is 12.2 Å². The van der Waals surface area contributed by atoms with E-state index in [9.17, 15) is 9.59 Å². The van der Waals surface area contributed by atoms with E-state index < -0.39 is 0 Å². The van der Waals surface area contributed by atoms with E-state index in [0.717, 1.165) is 18.4 Å². The number of unbranched alkanes of at least 4 members (excludes halogenated alkanes) is 1. The Morgan fingerprint density at radius 2 is 1.88 bits per heavy atom. The quantitative estimate of drug-likeness (QED) is 0.811. The van der Waals surface area contributed by atoms with Crippen LogP contribution in [0.3, 0.4) is 0 Å². The molecule has 2 amide bonds. The van der Waals surface area contributed by atoms with Gasteiger partial charge < -0.3 is 19.7 Å². The number of hydrogen-bond acceptors (Lipinski definition) is 4. The minimum atomic E-state index is -0.367. The number of nitrogens with one attached hydrogen (secondary N) is 1. The zero-order valence-electron chi connectivity index (χ0n) is 14.2. The Hall–Kier alpha value is -2.24. The molecule has 0 bridgehead atoms. The lowest BCUT2D eigenvalue weighted by molar-refractivity contribution is 0.0839. The van der Waals surface area contributed by atoms with Gasteiger partial charge >= 0.3 is 12.2 Å². The highest BCUT2D eigenvalue weighted by Crippen LogP contribution is 2.13. The maximum Gasteiger partial charge on any atom is 0.410 e. The molecule has 0 spiro atoms. The molecule has 0 saturated carbocycles. The molecular formula is C18H26N2O4. The van der Waals surface area contributed by atoms with Crippen molar-refractivity contribution in [3.8, 4) is 0 Å². The van der Waals surface area contributed by atoms with E-state index in [-0.39, 0.29) is 24.8 Å². The lowest BCUT2D eigenvalue weighted by atomic mass is 10.1. The van der Waals surface area contributed by atoms with Crippen molar-refractivity contribution in [3.63, 3.8) is 0 Å². The van der Waals surface area contributed by atoms with Crippen molar-refractivity contribution in [1.82, 2.24) is 10.2 Å². The van der Waals surface area contributed by atoms with E-state index in [2.05, 4.69) is 5.32 Å². The van der Waals surface area contributed by atoms with Crippen LogP contribution in [0.25, 0.3) is 0 Å². The molecule has 1 saturated heterocycles. The van der Waals surface area contributed by atoms with Crippen LogP contribution in [0.15, 0.2) is 30.3 Å². The summed E-state index contributed by atoms with van der Waals surface area (Å²) in [6, 6.07) is 9.66. The maximum atomic E-state index is 12.1. The Labute approximate surface area is 143 Å². The fourth-order valence-electron chi connectivity index (χ4n) is 2.53. The molecule has 0 aliphatic carbocycles. The van der Waals surface area contributed by atoms with Gasteiger partial charge in [-0.3, -0.25) is 0 Å². The van der Waals surface area contributed by atoms with Gasteiger partial charge in [-0.1, -0.05) is 43.7 Å². The average Bonchev–Trinajstić information content (AvgIpc) is 2.61. The fourth-order valence-corrected chi connectivity index (χ4v) is 2.53. The number of nitrogens with zero attached hydrogens (tertiary/aromatic N) is 1. The molecule has 0 atom stereocenters. The Morgan fingerprint density at radius 3 is 2.54 bits per heavy atom. The smallest absolute Gasteiger partial charge is 0.410 e. The van der Waals surface area contributed by atoms with Gasteiger partial charge in [0, 0.05) is 19.1 Å². The van der Waals surface area contributed by atoms with Crippen LogP contribution < -0.4 is 5.32 Å². The number of benzene rings is 1. The van der Waals surface area contributed by atoms with Gasteiger partial charge in [0.2, 0.25) is 0 Å². The van der Waals surface area contributed by atoms with Crippen molar-refractivity contribution in [3.05, 3.63) is 35.9 Å². The van der Waals surface area contributed by atoms with Gasteiger partial charge in [0.25, 0.3) is 0 Å². The van der Waals surface area contributed by atoms with Crippen LogP contribution in [-0.4, -0.2) is 42.8 Å². The molecule has 6 nitrogen and oxygen atoms in total. The lowest BCUT2D eigenvalue weighted by Crippen LogP contribution is -2.46. The predicted octanol–water partition coefficient (Wildman–Crippen LogP) is 3.31. The van der Waals surface area contributed by atoms with Crippen LogP contribution in [0.2, 0.25) is 0 Å². The van der Waals surface area contributed by atoms with Gasteiger partial charge in [-0.2, -0.15) is 0 Å². The second kappa shape index (κ2) is 9.80. The van der Waals surface area contributed by atoms with Gasteiger partial charge in [-0.15, -0.1) is 0 Å². The summed E-state index contributed by atoms with van der Waals surface area (Å²) in [5.74, 6) is 0. The van der Waals surface area contributed by atoms with Crippen molar-refractivity contribution in [2.75, 3.05) is 19.7 Å². The summed E-state index contributed by atoms with van der Waals surface area (Å²) in [5.41, 5.74) is 0.970. The van der Waals surface area contributed by atoms with Gasteiger partial charge in [0.05, 0.1) is 6.61 Å². The van der Waals surface area contributed by atoms with E-state index in [0.29, 0.717) is 32.5 Å². The van der Waals surface area contributed by atoms with Gasteiger partial charge in [0.1, 0.15) is 6.61 Å². The first-order chi connectivity index (χ1) is 11.7. The second-order valence-corrected chi connectivity index (χ2v) is 5.94. The number of piperidine rings is 1. The van der Waals surface area contributed by atoms with Gasteiger partial charge in [-0.25, -0.2) is 9.59 Å². The number of ether oxygens (including phenoxy) is 2. The van der Waals surface area contributed by atoms with Crippen molar-refractivity contribution < 1.29 is 19.1 Å². The SMILES string of the molecule is CCCCOC(=O)NC1CCN(C(=O)OCc2ccccc2)CC1. The number of rotatable bonds is 6. The van der Waals surface area contributed by atoms with Crippen LogP contribution in [-0.2, 0) is 16.1 Å². The molecule has 132 valence electrons. The molecule has 24 heavy (non-hydrogen) atoms. The summed E-state index contributed by atoms with van der Waals surface area (Å²) in [4.78, 5) is 25.4. The Bertz CT molecular complexity index is 513. The molecule has 1 heterocycles. The highest BCUT2D eigenvalue weighted by molar-refractivity contribution is 5.68. The maximum absolute atomic E-state index is 12.1. The predicted molar refractivity (Wildman–Crippen MR) is 90.6 cm³/mol. The van der Waals surface area contributed by atoms with Crippen LogP contribution >= 0.6 is 0 Å². The Balaban J connectivity index is 1.64. The largest absolute Gasteiger partial charge is 0.450 e. The zero-order chi connectivity index (χ0) is 17.2. The molecule has 0 aromatic heterocycles. The standard InChI is InChI=1S/C18H26N2O4/c1-2-3-13-23-17(21)19-16-9-11-20(12-10-16)18(22)24-14-15-7-5-4-6-8-15/h4-8,16H,2-3,9-14H2,1H3,(H,19,21). The molecule has 2 rings (SSSR count). The van der Waals surface area contributed by atoms with Gasteiger partial charge in [-0.05, 0) is 24.8 Å². The lowest BCUT2D eigenvalue weighted by Gasteiger charge is -2.31. The van der Waals surface area contributed by atoms with Crippen LogP contribution in [0.5, 0.6) is 0 Å². The summed E-state index contributed by atoms with van der Waals surface area (Å²) in [6.45, 7) is 3.93. The molecule has 0 unspecified atom stereocenters. The Morgan fingerprint density at radius 1 is 1.17 bits per heavy atom. The first-order valence-electron chi connectivity index (χ1n) is 8.58. The van der Waals surface area contributed by atoms with Crippen LogP contribution in [0.4, 0.5) is 9.59 Å². The Kier molecular flexibility index (Phi) is 7.39. The topological polar surface area (TPSA) is 67.9 Å². The summed E-state index contributed by atoms with van der Waals surface area (Å²) in [5, 5.41) is 2.86. The van der Waals surface area contributed by atoms with Gasteiger partial charge in [0.15, 0.2) is 0 Å². The van der Waals surface area contributed by atoms with Crippen molar-refractivity contribution in [2.24, 2.45) is 0 Å². The normalized spacial score (nSPS) is 15.0. The molecule has 1 N–H and O–H groups in total. The van der Waals surface area contributed by atoms with E-state index in [1.54, 1.807) is 4.90 Å². The summed E-state index contributed by atoms with van der Waals surface area (Å²) in [6.07, 6.45) is 2.62. The second-order valence-electron chi connectivity index (χ2n) is 5.94. The van der Waals surface area contributed by atoms with Crippen molar-refractivity contribution in [2.45, 2.75) is 45.3 Å². The monoisotopic (exact) mass is 334 g/mol. The molecule has 6 heteroatoms. The minimum absolute atomic E-state index is 0.0531. The highest BCUT2D eigenvalue weighted by atomic mass is 16.6. The molecule has 1 aliphatic heterocycles. The highest BCUT2D eigenvalue weighted by Gasteiger charge is 2.25. The number of likely N-dealkylation sites (tertiary alicyclic amines) is 1.